The molecule has 0 unspecified atom stereocenters. The van der Waals surface area contributed by atoms with Crippen LogP contribution in [0, 0.1) is 5.41 Å². The topological polar surface area (TPSA) is 61.2 Å². The summed E-state index contributed by atoms with van der Waals surface area (Å²) in [7, 11) is -3.57. The predicted molar refractivity (Wildman–Crippen MR) is 102 cm³/mol. The molecular weight excluding hydrogens is 393 g/mol. The lowest BCUT2D eigenvalue weighted by atomic mass is 9.92. The summed E-state index contributed by atoms with van der Waals surface area (Å²) in [6.45, 7) is 10.3. The zero-order valence-corrected chi connectivity index (χ0v) is 17.8. The molecule has 9 heteroatoms. The van der Waals surface area contributed by atoms with Gasteiger partial charge in [0.1, 0.15) is 5.82 Å². The third-order valence-electron chi connectivity index (χ3n) is 4.18. The fourth-order valence-corrected chi connectivity index (χ4v) is 4.01. The van der Waals surface area contributed by atoms with Crippen LogP contribution in [0.15, 0.2) is 23.1 Å². The van der Waals surface area contributed by atoms with Crippen molar-refractivity contribution in [2.24, 2.45) is 5.41 Å². The Morgan fingerprint density at radius 3 is 2.18 bits per heavy atom. The Balaban J connectivity index is 2.51. The molecular formula is C19H27F3N2O3S. The second-order valence-corrected chi connectivity index (χ2v) is 11.7. The molecule has 0 saturated heterocycles. The van der Waals surface area contributed by atoms with Crippen LogP contribution < -0.4 is 0 Å². The lowest BCUT2D eigenvalue weighted by Gasteiger charge is -2.19. The Labute approximate surface area is 163 Å². The number of hydrogen-bond donors (Lipinski definition) is 0. The molecule has 0 amide bonds. The van der Waals surface area contributed by atoms with E-state index in [1.807, 2.05) is 20.8 Å². The maximum absolute atomic E-state index is 12.7. The van der Waals surface area contributed by atoms with Crippen LogP contribution in [0.2, 0.25) is 0 Å². The summed E-state index contributed by atoms with van der Waals surface area (Å²) in [5, 5.41) is 0. The van der Waals surface area contributed by atoms with Crippen molar-refractivity contribution in [1.82, 2.24) is 9.55 Å². The molecule has 0 atom stereocenters. The molecule has 0 aliphatic rings. The number of alkyl halides is 3. The average Bonchev–Trinajstić information content (AvgIpc) is 2.79. The number of imidazole rings is 1. The molecule has 158 valence electrons. The van der Waals surface area contributed by atoms with Crippen LogP contribution in [0.4, 0.5) is 13.2 Å². The smallest absolute Gasteiger partial charge is 0.326 e. The van der Waals surface area contributed by atoms with Gasteiger partial charge in [-0.1, -0.05) is 20.8 Å². The molecule has 0 spiro atoms. The first-order valence-electron chi connectivity index (χ1n) is 8.96. The van der Waals surface area contributed by atoms with Crippen molar-refractivity contribution in [3.63, 3.8) is 0 Å². The van der Waals surface area contributed by atoms with Gasteiger partial charge >= 0.3 is 6.36 Å². The highest BCUT2D eigenvalue weighted by Gasteiger charge is 2.32. The predicted octanol–water partition coefficient (Wildman–Crippen LogP) is 4.73. The first-order valence-corrected chi connectivity index (χ1v) is 10.4. The Kier molecular flexibility index (Phi) is 5.94. The van der Waals surface area contributed by atoms with Gasteiger partial charge in [0.25, 0.3) is 0 Å². The van der Waals surface area contributed by atoms with Crippen LogP contribution in [0.25, 0.3) is 11.0 Å². The van der Waals surface area contributed by atoms with Crippen LogP contribution in [0.3, 0.4) is 0 Å². The molecule has 5 nitrogen and oxygen atoms in total. The molecule has 0 saturated carbocycles. The quantitative estimate of drug-likeness (QED) is 0.701. The van der Waals surface area contributed by atoms with Crippen molar-refractivity contribution in [1.29, 1.82) is 0 Å². The van der Waals surface area contributed by atoms with E-state index >= 15 is 0 Å². The third-order valence-corrected chi connectivity index (χ3v) is 6.67. The molecule has 28 heavy (non-hydrogen) atoms. The number of hydrogen-bond acceptors (Lipinski definition) is 4. The van der Waals surface area contributed by atoms with Gasteiger partial charge in [-0.3, -0.25) is 4.74 Å². The fraction of sp³-hybridized carbons (Fsp3) is 0.632. The second kappa shape index (κ2) is 7.33. The normalized spacial score (nSPS) is 14.0. The van der Waals surface area contributed by atoms with Crippen LogP contribution in [-0.2, 0) is 27.5 Å². The van der Waals surface area contributed by atoms with E-state index in [1.54, 1.807) is 31.4 Å². The van der Waals surface area contributed by atoms with Gasteiger partial charge in [0.2, 0.25) is 0 Å². The number of nitrogens with zero attached hydrogens (tertiary/aromatic N) is 2. The van der Waals surface area contributed by atoms with E-state index < -0.39 is 27.6 Å². The van der Waals surface area contributed by atoms with Gasteiger partial charge in [-0.25, -0.2) is 13.4 Å². The Bertz CT molecular complexity index is 950. The van der Waals surface area contributed by atoms with Crippen molar-refractivity contribution < 1.29 is 26.3 Å². The van der Waals surface area contributed by atoms with Crippen molar-refractivity contribution in [3.05, 3.63) is 24.0 Å². The SMILES string of the molecule is CC(C)(C)Cc1nc2cc(S(=O)(=O)C(C)(C)C)ccc2n1CCOC(F)(F)F. The highest BCUT2D eigenvalue weighted by atomic mass is 32.2. The van der Waals surface area contributed by atoms with E-state index in [4.69, 9.17) is 0 Å². The second-order valence-electron chi connectivity index (χ2n) is 8.98. The standard InChI is InChI=1S/C19H27F3N2O3S/c1-17(2,3)12-16-23-14-11-13(28(25,26)18(4,5)6)7-8-15(14)24(16)9-10-27-19(20,21)22/h7-8,11H,9-10,12H2,1-6H3. The summed E-state index contributed by atoms with van der Waals surface area (Å²) >= 11 is 0. The van der Waals surface area contributed by atoms with Gasteiger partial charge in [0, 0.05) is 13.0 Å². The van der Waals surface area contributed by atoms with Crippen LogP contribution in [-0.4, -0.2) is 35.7 Å². The third kappa shape index (κ3) is 5.26. The Morgan fingerprint density at radius 2 is 1.68 bits per heavy atom. The van der Waals surface area contributed by atoms with Crippen molar-refractivity contribution >= 4 is 20.9 Å². The lowest BCUT2D eigenvalue weighted by molar-refractivity contribution is -0.325. The van der Waals surface area contributed by atoms with E-state index in [0.717, 1.165) is 0 Å². The minimum absolute atomic E-state index is 0.0349. The van der Waals surface area contributed by atoms with Gasteiger partial charge in [0.15, 0.2) is 9.84 Å². The van der Waals surface area contributed by atoms with E-state index in [0.29, 0.717) is 23.3 Å². The Hall–Kier alpha value is -1.61. The van der Waals surface area contributed by atoms with E-state index in [1.165, 1.54) is 12.1 Å². The molecule has 1 aromatic heterocycles. The first kappa shape index (κ1) is 22.7. The number of halogens is 3. The number of ether oxygens (including phenoxy) is 1. The summed E-state index contributed by atoms with van der Waals surface area (Å²) in [5.74, 6) is 0.596. The van der Waals surface area contributed by atoms with Gasteiger partial charge < -0.3 is 4.57 Å². The maximum atomic E-state index is 12.7. The summed E-state index contributed by atoms with van der Waals surface area (Å²) in [5.41, 5.74) is 0.874. The summed E-state index contributed by atoms with van der Waals surface area (Å²) in [4.78, 5) is 4.68. The molecule has 0 N–H and O–H groups in total. The van der Waals surface area contributed by atoms with Gasteiger partial charge in [-0.05, 0) is 44.4 Å². The number of fused-ring (bicyclic) bond motifs is 1. The maximum Gasteiger partial charge on any atom is 0.522 e. The molecule has 2 rings (SSSR count). The number of sulfone groups is 1. The average molecular weight is 420 g/mol. The molecule has 0 fully saturated rings. The van der Waals surface area contributed by atoms with Gasteiger partial charge in [-0.2, -0.15) is 0 Å². The first-order chi connectivity index (χ1) is 12.5. The molecule has 0 radical (unpaired) electrons. The van der Waals surface area contributed by atoms with E-state index in [-0.39, 0.29) is 16.9 Å². The molecule has 0 aliphatic carbocycles. The highest BCUT2D eigenvalue weighted by molar-refractivity contribution is 7.92. The van der Waals surface area contributed by atoms with Gasteiger partial charge in [0.05, 0.1) is 27.3 Å². The molecule has 1 aromatic carbocycles. The molecule has 2 aromatic rings. The lowest BCUT2D eigenvalue weighted by Crippen LogP contribution is -2.27. The minimum atomic E-state index is -4.70. The summed E-state index contributed by atoms with van der Waals surface area (Å²) in [6, 6.07) is 4.57. The number of rotatable bonds is 5. The van der Waals surface area contributed by atoms with Crippen LogP contribution >= 0.6 is 0 Å². The zero-order chi connectivity index (χ0) is 21.5. The monoisotopic (exact) mass is 420 g/mol. The summed E-state index contributed by atoms with van der Waals surface area (Å²) in [6.07, 6.45) is -4.18. The molecule has 0 aliphatic heterocycles. The highest BCUT2D eigenvalue weighted by Crippen LogP contribution is 2.29. The van der Waals surface area contributed by atoms with Crippen LogP contribution in [0.5, 0.6) is 0 Å². The zero-order valence-electron chi connectivity index (χ0n) is 17.0. The van der Waals surface area contributed by atoms with E-state index in [9.17, 15) is 21.6 Å². The molecule has 0 bridgehead atoms. The van der Waals surface area contributed by atoms with Crippen molar-refractivity contribution in [2.75, 3.05) is 6.61 Å². The minimum Gasteiger partial charge on any atom is -0.326 e. The largest absolute Gasteiger partial charge is 0.522 e. The fourth-order valence-electron chi connectivity index (χ4n) is 2.79. The Morgan fingerprint density at radius 1 is 1.07 bits per heavy atom. The van der Waals surface area contributed by atoms with Crippen LogP contribution in [0.1, 0.15) is 47.4 Å². The van der Waals surface area contributed by atoms with E-state index in [2.05, 4.69) is 9.72 Å². The molecule has 1 heterocycles. The van der Waals surface area contributed by atoms with Crippen molar-refractivity contribution in [2.45, 2.75) is 70.5 Å². The van der Waals surface area contributed by atoms with Crippen molar-refractivity contribution in [3.8, 4) is 0 Å². The van der Waals surface area contributed by atoms with Gasteiger partial charge in [-0.15, -0.1) is 13.2 Å². The number of benzene rings is 1. The summed E-state index contributed by atoms with van der Waals surface area (Å²) < 4.78 is 67.1. The number of aromatic nitrogens is 2.